The van der Waals surface area contributed by atoms with E-state index >= 15 is 0 Å². The molecule has 1 aliphatic rings. The molecule has 0 aliphatic heterocycles. The molecule has 1 saturated carbocycles. The van der Waals surface area contributed by atoms with Crippen LogP contribution in [0, 0.1) is 0 Å². The van der Waals surface area contributed by atoms with Crippen molar-refractivity contribution < 1.29 is 24.9 Å². The van der Waals surface area contributed by atoms with Gasteiger partial charge in [-0.3, -0.25) is 9.59 Å². The van der Waals surface area contributed by atoms with Crippen LogP contribution in [0.15, 0.2) is 0 Å². The lowest BCUT2D eigenvalue weighted by atomic mass is 9.90. The first-order valence-electron chi connectivity index (χ1n) is 3.15. The third-order valence-corrected chi connectivity index (χ3v) is 1.66. The Hall–Kier alpha value is -0.780. The van der Waals surface area contributed by atoms with Crippen LogP contribution in [-0.4, -0.2) is 45.2 Å². The summed E-state index contributed by atoms with van der Waals surface area (Å²) in [4.78, 5) is 21.2. The zero-order valence-corrected chi connectivity index (χ0v) is 5.60. The minimum Gasteiger partial charge on any atom is -0.390 e. The Balaban J connectivity index is 2.78. The highest BCUT2D eigenvalue weighted by Crippen LogP contribution is 2.13. The number of ketones is 2. The molecule has 0 spiro atoms. The smallest absolute Gasteiger partial charge is 0.229 e. The molecule has 1 fully saturated rings. The van der Waals surface area contributed by atoms with Crippen LogP contribution in [0.5, 0.6) is 0 Å². The summed E-state index contributed by atoms with van der Waals surface area (Å²) in [7, 11) is 0. The number of aliphatic hydroxyl groups excluding tert-OH is 3. The molecule has 1 aliphatic carbocycles. The highest BCUT2D eigenvalue weighted by molar-refractivity contribution is 6.39. The fourth-order valence-corrected chi connectivity index (χ4v) is 0.942. The molecule has 0 aromatic heterocycles. The van der Waals surface area contributed by atoms with Gasteiger partial charge in [0.1, 0.15) is 12.2 Å². The van der Waals surface area contributed by atoms with E-state index in [-0.39, 0.29) is 0 Å². The Labute approximate surface area is 62.3 Å². The summed E-state index contributed by atoms with van der Waals surface area (Å²) in [5.41, 5.74) is 0. The van der Waals surface area contributed by atoms with E-state index < -0.39 is 36.3 Å². The lowest BCUT2D eigenvalue weighted by Crippen LogP contribution is -2.51. The number of aliphatic hydroxyl groups is 3. The highest BCUT2D eigenvalue weighted by atomic mass is 16.4. The molecule has 0 bridgehead atoms. The average molecular weight is 160 g/mol. The summed E-state index contributed by atoms with van der Waals surface area (Å²) in [5, 5.41) is 26.5. The molecule has 3 N–H and O–H groups in total. The normalized spacial score (nSPS) is 39.4. The zero-order chi connectivity index (χ0) is 8.59. The molecule has 0 amide bonds. The van der Waals surface area contributed by atoms with Gasteiger partial charge in [-0.1, -0.05) is 0 Å². The average Bonchev–Trinajstić information content (AvgIpc) is 1.97. The van der Waals surface area contributed by atoms with Crippen LogP contribution in [-0.2, 0) is 9.59 Å². The standard InChI is InChI=1S/C6H8O5/c7-2-1-3(8)5(10)6(11)4(2)9/h2,4,6-7,9,11H,1H2/t2-,4+,6-/m1/s1. The van der Waals surface area contributed by atoms with Gasteiger partial charge in [-0.2, -0.15) is 0 Å². The van der Waals surface area contributed by atoms with Crippen LogP contribution in [0.4, 0.5) is 0 Å². The first kappa shape index (κ1) is 8.32. The van der Waals surface area contributed by atoms with Gasteiger partial charge in [0.2, 0.25) is 11.6 Å². The molecule has 0 aromatic carbocycles. The van der Waals surface area contributed by atoms with E-state index in [0.717, 1.165) is 0 Å². The van der Waals surface area contributed by atoms with Crippen molar-refractivity contribution in [1.29, 1.82) is 0 Å². The first-order valence-corrected chi connectivity index (χ1v) is 3.15. The molecule has 11 heavy (non-hydrogen) atoms. The van der Waals surface area contributed by atoms with Gasteiger partial charge in [-0.25, -0.2) is 0 Å². The SMILES string of the molecule is O=C1C[C@@H](O)[C@H](O)[C@@H](O)C1=O. The maximum Gasteiger partial charge on any atom is 0.229 e. The minimum absolute atomic E-state index is 0.406. The highest BCUT2D eigenvalue weighted by Gasteiger charge is 2.40. The van der Waals surface area contributed by atoms with Crippen LogP contribution >= 0.6 is 0 Å². The van der Waals surface area contributed by atoms with Gasteiger partial charge >= 0.3 is 0 Å². The van der Waals surface area contributed by atoms with E-state index in [1.54, 1.807) is 0 Å². The molecule has 0 aromatic rings. The van der Waals surface area contributed by atoms with Gasteiger partial charge in [0, 0.05) is 6.42 Å². The Kier molecular flexibility index (Phi) is 2.03. The van der Waals surface area contributed by atoms with Crippen LogP contribution in [0.3, 0.4) is 0 Å². The Morgan fingerprint density at radius 2 is 1.73 bits per heavy atom. The fourth-order valence-electron chi connectivity index (χ4n) is 0.942. The van der Waals surface area contributed by atoms with E-state index in [2.05, 4.69) is 0 Å². The van der Waals surface area contributed by atoms with Crippen molar-refractivity contribution in [2.75, 3.05) is 0 Å². The van der Waals surface area contributed by atoms with E-state index in [1.807, 2.05) is 0 Å². The van der Waals surface area contributed by atoms with Gasteiger partial charge in [-0.15, -0.1) is 0 Å². The number of rotatable bonds is 0. The molecule has 1 rings (SSSR count). The summed E-state index contributed by atoms with van der Waals surface area (Å²) in [6.07, 6.45) is -5.02. The molecule has 3 atom stereocenters. The van der Waals surface area contributed by atoms with Crippen molar-refractivity contribution in [3.63, 3.8) is 0 Å². The van der Waals surface area contributed by atoms with Crippen LogP contribution in [0.1, 0.15) is 6.42 Å². The van der Waals surface area contributed by atoms with Crippen LogP contribution in [0.25, 0.3) is 0 Å². The third kappa shape index (κ3) is 1.30. The van der Waals surface area contributed by atoms with E-state index in [9.17, 15) is 9.59 Å². The van der Waals surface area contributed by atoms with E-state index in [1.165, 1.54) is 0 Å². The number of carbonyl (C=O) groups excluding carboxylic acids is 2. The molecule has 0 unspecified atom stereocenters. The van der Waals surface area contributed by atoms with Gasteiger partial charge in [0.05, 0.1) is 6.10 Å². The summed E-state index contributed by atoms with van der Waals surface area (Å²) in [6.45, 7) is 0. The molecule has 0 saturated heterocycles. The number of hydrogen-bond donors (Lipinski definition) is 3. The quantitative estimate of drug-likeness (QED) is 0.344. The Morgan fingerprint density at radius 3 is 2.27 bits per heavy atom. The molecular formula is C6H8O5. The predicted octanol–water partition coefficient (Wildman–Crippen LogP) is -2.39. The van der Waals surface area contributed by atoms with Gasteiger partial charge in [0.25, 0.3) is 0 Å². The molecule has 5 nitrogen and oxygen atoms in total. The van der Waals surface area contributed by atoms with Crippen molar-refractivity contribution >= 4 is 11.6 Å². The maximum absolute atomic E-state index is 10.6. The number of carbonyl (C=O) groups is 2. The number of hydrogen-bond acceptors (Lipinski definition) is 5. The largest absolute Gasteiger partial charge is 0.390 e. The Morgan fingerprint density at radius 1 is 1.18 bits per heavy atom. The lowest BCUT2D eigenvalue weighted by Gasteiger charge is -2.25. The van der Waals surface area contributed by atoms with Gasteiger partial charge in [-0.05, 0) is 0 Å². The van der Waals surface area contributed by atoms with E-state index in [4.69, 9.17) is 15.3 Å². The lowest BCUT2D eigenvalue weighted by molar-refractivity contribution is -0.158. The first-order chi connectivity index (χ1) is 5.04. The molecular weight excluding hydrogens is 152 g/mol. The van der Waals surface area contributed by atoms with E-state index in [0.29, 0.717) is 0 Å². The minimum atomic E-state index is -1.76. The van der Waals surface area contributed by atoms with Crippen molar-refractivity contribution in [3.05, 3.63) is 0 Å². The van der Waals surface area contributed by atoms with Gasteiger partial charge < -0.3 is 15.3 Å². The second-order valence-electron chi connectivity index (χ2n) is 2.49. The zero-order valence-electron chi connectivity index (χ0n) is 5.60. The van der Waals surface area contributed by atoms with Crippen molar-refractivity contribution in [2.45, 2.75) is 24.7 Å². The third-order valence-electron chi connectivity index (χ3n) is 1.66. The van der Waals surface area contributed by atoms with Crippen molar-refractivity contribution in [1.82, 2.24) is 0 Å². The fraction of sp³-hybridized carbons (Fsp3) is 0.667. The molecule has 0 radical (unpaired) electrons. The monoisotopic (exact) mass is 160 g/mol. The summed E-state index contributed by atoms with van der Waals surface area (Å²) in [5.74, 6) is -1.86. The van der Waals surface area contributed by atoms with Crippen LogP contribution < -0.4 is 0 Å². The summed E-state index contributed by atoms with van der Waals surface area (Å²) < 4.78 is 0. The van der Waals surface area contributed by atoms with Crippen molar-refractivity contribution in [2.24, 2.45) is 0 Å². The topological polar surface area (TPSA) is 94.8 Å². The second kappa shape index (κ2) is 2.69. The molecule has 0 heterocycles. The maximum atomic E-state index is 10.6. The van der Waals surface area contributed by atoms with Crippen molar-refractivity contribution in [3.8, 4) is 0 Å². The van der Waals surface area contributed by atoms with Crippen LogP contribution in [0.2, 0.25) is 0 Å². The summed E-state index contributed by atoms with van der Waals surface area (Å²) >= 11 is 0. The number of Topliss-reactive ketones (excluding diaryl/α,β-unsaturated/α-hetero) is 2. The predicted molar refractivity (Wildman–Crippen MR) is 32.7 cm³/mol. The summed E-state index contributed by atoms with van der Waals surface area (Å²) in [6, 6.07) is 0. The molecule has 62 valence electrons. The second-order valence-corrected chi connectivity index (χ2v) is 2.49. The Bertz CT molecular complexity index is 199. The van der Waals surface area contributed by atoms with Gasteiger partial charge in [0.15, 0.2) is 0 Å². The molecule has 5 heteroatoms.